The zero-order valence-corrected chi connectivity index (χ0v) is 34.2. The molecule has 1 unspecified atom stereocenters. The van der Waals surface area contributed by atoms with Crippen LogP contribution in [-0.4, -0.2) is 43.6 Å². The van der Waals surface area contributed by atoms with Crippen molar-refractivity contribution in [1.29, 1.82) is 5.26 Å². The maximum Gasteiger partial charge on any atom is 1.00 e. The van der Waals surface area contributed by atoms with Gasteiger partial charge in [-0.25, -0.2) is 11.3 Å². The largest absolute Gasteiger partial charge is 1.00 e. The van der Waals surface area contributed by atoms with Crippen LogP contribution in [0.25, 0.3) is 0 Å². The molecule has 2 amide bonds. The molecular weight excluding hydrogens is 652 g/mol. The monoisotopic (exact) mass is 712 g/mol. The summed E-state index contributed by atoms with van der Waals surface area (Å²) in [6.45, 7) is 16.9. The van der Waals surface area contributed by atoms with E-state index in [9.17, 15) is 24.0 Å². The van der Waals surface area contributed by atoms with Gasteiger partial charge < -0.3 is 11.8 Å². The van der Waals surface area contributed by atoms with Crippen molar-refractivity contribution >= 4 is 37.6 Å². The molecule has 0 aliphatic heterocycles. The number of unbranched alkanes of at least 4 members (excludes halogenated alkanes) is 4. The fraction of sp³-hybridized carbons (Fsp3) is 0.538. The zero-order valence-electron chi connectivity index (χ0n) is 32.2. The molecule has 2 rings (SSSR count). The van der Waals surface area contributed by atoms with Crippen LogP contribution in [0.3, 0.4) is 0 Å². The van der Waals surface area contributed by atoms with Gasteiger partial charge in [0.05, 0.1) is 6.42 Å². The summed E-state index contributed by atoms with van der Waals surface area (Å²) < 4.78 is 0. The van der Waals surface area contributed by atoms with Crippen LogP contribution in [0.5, 0.6) is 0 Å². The number of nitrogens with two attached hydrogens (primary N) is 1. The first-order valence-corrected chi connectivity index (χ1v) is 17.6. The Labute approximate surface area is 331 Å². The maximum atomic E-state index is 12.3. The van der Waals surface area contributed by atoms with E-state index < -0.39 is 0 Å². The summed E-state index contributed by atoms with van der Waals surface area (Å²) in [6.07, 6.45) is 10.9. The molecule has 0 fully saturated rings. The number of carbonyl (C=O) groups is 5. The van der Waals surface area contributed by atoms with Crippen molar-refractivity contribution in [3.63, 3.8) is 0 Å². The molecule has 3 radical (unpaired) electrons. The SMILES string of the molecule is CCC(=O)CC(=O)c1ccc(CC)cc1.CCCCCC(=O)NN.CCCCCC(=O)NNC(CC)CC(=O)c1ccc(CC)cc1.[B].[C-]#N.[Na+]. The Morgan fingerprint density at radius 1 is 0.686 bits per heavy atom. The standard InChI is InChI=1S/C19H30N2O2.C13H16O2.C6H14N2O.CN.B.Na/c1-4-7-8-9-19(23)21-20-17(6-3)14-18(22)16-12-10-15(5-2)11-13-16;1-3-10-5-7-11(8-6-10)13(15)9-12(14)4-2;1-2-3-4-5-6(9)8-7;1-2;;/h10-13,17,20H,4-9,14H2,1-3H3,(H,21,23);5-8H,3-4,9H2,1-2H3;2-5,7H2,1H3,(H,8,9);;;/q;;;-1;;+1. The molecule has 1 atom stereocenters. The summed E-state index contributed by atoms with van der Waals surface area (Å²) >= 11 is 0. The molecule has 12 heteroatoms. The van der Waals surface area contributed by atoms with Crippen molar-refractivity contribution in [2.24, 2.45) is 5.84 Å². The van der Waals surface area contributed by atoms with Crippen LogP contribution in [0, 0.1) is 11.8 Å². The predicted molar refractivity (Wildman–Crippen MR) is 202 cm³/mol. The number of benzene rings is 2. The third-order valence-corrected chi connectivity index (χ3v) is 7.64. The van der Waals surface area contributed by atoms with Gasteiger partial charge in [0.1, 0.15) is 5.78 Å². The van der Waals surface area contributed by atoms with Crippen molar-refractivity contribution in [2.75, 3.05) is 0 Å². The molecule has 2 aromatic carbocycles. The molecule has 0 bridgehead atoms. The van der Waals surface area contributed by atoms with Gasteiger partial charge in [0.15, 0.2) is 11.6 Å². The smallest absolute Gasteiger partial charge is 0.512 e. The fourth-order valence-corrected chi connectivity index (χ4v) is 4.29. The summed E-state index contributed by atoms with van der Waals surface area (Å²) in [5.41, 5.74) is 11.6. The van der Waals surface area contributed by atoms with E-state index in [4.69, 9.17) is 17.7 Å². The number of aryl methyl sites for hydroxylation is 2. The van der Waals surface area contributed by atoms with Crippen LogP contribution in [-0.2, 0) is 27.2 Å². The molecule has 5 N–H and O–H groups in total. The Bertz CT molecular complexity index is 1240. The number of Topliss-reactive ketones (excluding diaryl/α,β-unsaturated/α-hetero) is 3. The van der Waals surface area contributed by atoms with Crippen LogP contribution in [0.2, 0.25) is 0 Å². The quantitative estimate of drug-likeness (QED) is 0.0234. The molecule has 0 aromatic heterocycles. The molecule has 2 aromatic rings. The topological polar surface area (TPSA) is 171 Å². The minimum atomic E-state index is -0.0792. The van der Waals surface area contributed by atoms with Gasteiger partial charge in [0.25, 0.3) is 0 Å². The number of nitrogens with one attached hydrogen (secondary N) is 3. The molecule has 51 heavy (non-hydrogen) atoms. The van der Waals surface area contributed by atoms with Gasteiger partial charge in [-0.2, -0.15) is 0 Å². The average Bonchev–Trinajstić information content (AvgIpc) is 3.14. The van der Waals surface area contributed by atoms with Gasteiger partial charge in [-0.1, -0.05) is 116 Å². The molecular formula is C39H60BN5NaO5. The number of amides is 2. The molecule has 0 saturated carbocycles. The van der Waals surface area contributed by atoms with Crippen molar-refractivity contribution < 1.29 is 53.5 Å². The van der Waals surface area contributed by atoms with E-state index in [1.54, 1.807) is 19.1 Å². The normalized spacial score (nSPS) is 9.98. The Hall–Kier alpha value is -3.14. The summed E-state index contributed by atoms with van der Waals surface area (Å²) in [5.74, 6) is 4.81. The number of ketones is 3. The van der Waals surface area contributed by atoms with Gasteiger partial charge in [0, 0.05) is 51.3 Å². The van der Waals surface area contributed by atoms with Gasteiger partial charge >= 0.3 is 29.6 Å². The molecule has 0 aliphatic rings. The van der Waals surface area contributed by atoms with E-state index in [-0.39, 0.29) is 79.6 Å². The zero-order chi connectivity index (χ0) is 37.5. The van der Waals surface area contributed by atoms with Crippen LogP contribution in [0.1, 0.15) is 150 Å². The van der Waals surface area contributed by atoms with E-state index in [1.165, 1.54) is 11.1 Å². The second kappa shape index (κ2) is 36.6. The van der Waals surface area contributed by atoms with Crippen molar-refractivity contribution in [1.82, 2.24) is 16.3 Å². The van der Waals surface area contributed by atoms with Crippen molar-refractivity contribution in [2.45, 2.75) is 137 Å². The van der Waals surface area contributed by atoms with Crippen LogP contribution < -0.4 is 51.7 Å². The van der Waals surface area contributed by atoms with Crippen LogP contribution in [0.4, 0.5) is 0 Å². The summed E-state index contributed by atoms with van der Waals surface area (Å²) in [6, 6.07) is 15.2. The number of rotatable bonds is 20. The van der Waals surface area contributed by atoms with E-state index in [2.05, 4.69) is 44.0 Å². The van der Waals surface area contributed by atoms with E-state index >= 15 is 0 Å². The third kappa shape index (κ3) is 28.2. The average molecular weight is 713 g/mol. The fourth-order valence-electron chi connectivity index (χ4n) is 4.29. The Morgan fingerprint density at radius 2 is 1.12 bits per heavy atom. The molecule has 0 aliphatic carbocycles. The first-order chi connectivity index (χ1) is 23.6. The van der Waals surface area contributed by atoms with E-state index in [1.807, 2.05) is 43.3 Å². The number of hydrazine groups is 2. The van der Waals surface area contributed by atoms with E-state index in [0.717, 1.165) is 63.4 Å². The second-order valence-electron chi connectivity index (χ2n) is 11.5. The van der Waals surface area contributed by atoms with Gasteiger partial charge in [0.2, 0.25) is 11.8 Å². The first-order valence-electron chi connectivity index (χ1n) is 17.6. The molecule has 10 nitrogen and oxygen atoms in total. The third-order valence-electron chi connectivity index (χ3n) is 7.64. The summed E-state index contributed by atoms with van der Waals surface area (Å²) in [4.78, 5) is 57.2. The van der Waals surface area contributed by atoms with Gasteiger partial charge in [-0.15, -0.1) is 0 Å². The minimum Gasteiger partial charge on any atom is -0.512 e. The summed E-state index contributed by atoms with van der Waals surface area (Å²) in [7, 11) is 0. The Morgan fingerprint density at radius 3 is 1.49 bits per heavy atom. The van der Waals surface area contributed by atoms with E-state index in [0.29, 0.717) is 31.2 Å². The predicted octanol–water partition coefficient (Wildman–Crippen LogP) is 3.88. The van der Waals surface area contributed by atoms with Crippen molar-refractivity contribution in [3.8, 4) is 0 Å². The Kier molecular flexibility index (Phi) is 39.3. The summed E-state index contributed by atoms with van der Waals surface area (Å²) in [5, 5.41) is 6.25. The number of hydrogen-bond donors (Lipinski definition) is 4. The van der Waals surface area contributed by atoms with Crippen LogP contribution in [0.15, 0.2) is 48.5 Å². The maximum absolute atomic E-state index is 12.3. The Balaban J connectivity index is -0.000000341. The second-order valence-corrected chi connectivity index (χ2v) is 11.5. The van der Waals surface area contributed by atoms with Crippen molar-refractivity contribution in [3.05, 3.63) is 77.4 Å². The number of carbonyl (C=O) groups excluding carboxylic acids is 5. The molecule has 0 saturated heterocycles. The molecule has 0 spiro atoms. The minimum absolute atomic E-state index is 0. The van der Waals surface area contributed by atoms with Gasteiger partial charge in [-0.05, 0) is 43.2 Å². The molecule has 275 valence electrons. The van der Waals surface area contributed by atoms with Gasteiger partial charge in [-0.3, -0.25) is 34.8 Å². The molecule has 0 heterocycles. The first kappa shape index (κ1) is 54.6. The number of hydrogen-bond acceptors (Lipinski definition) is 8. The number of nitrogens with zero attached hydrogens (tertiary/aromatic N) is 1. The van der Waals surface area contributed by atoms with Crippen LogP contribution >= 0.6 is 0 Å².